The minimum atomic E-state index is 0.640. The van der Waals surface area contributed by atoms with Crippen LogP contribution in [0.15, 0.2) is 193 Å². The van der Waals surface area contributed by atoms with Gasteiger partial charge in [-0.25, -0.2) is 9.98 Å². The van der Waals surface area contributed by atoms with Crippen LogP contribution < -0.4 is 0 Å². The van der Waals surface area contributed by atoms with Crippen molar-refractivity contribution in [2.24, 2.45) is 9.98 Å². The van der Waals surface area contributed by atoms with Crippen LogP contribution in [-0.4, -0.2) is 11.5 Å². The number of fused-ring (bicyclic) bond motifs is 2. The Morgan fingerprint density at radius 1 is 0.489 bits per heavy atom. The molecule has 0 aliphatic carbocycles. The van der Waals surface area contributed by atoms with Gasteiger partial charge >= 0.3 is 0 Å². The summed E-state index contributed by atoms with van der Waals surface area (Å²) in [6.07, 6.45) is 3.77. The van der Waals surface area contributed by atoms with Crippen LogP contribution in [0, 0.1) is 0 Å². The molecule has 0 spiro atoms. The molecule has 7 aromatic carbocycles. The highest BCUT2D eigenvalue weighted by atomic mass is 14.9. The van der Waals surface area contributed by atoms with Crippen molar-refractivity contribution in [2.75, 3.05) is 0 Å². The van der Waals surface area contributed by atoms with Crippen molar-refractivity contribution in [1.82, 2.24) is 0 Å². The first-order chi connectivity index (χ1) is 23.2. The lowest BCUT2D eigenvalue weighted by molar-refractivity contribution is 1.44. The molecule has 0 bridgehead atoms. The molecule has 0 fully saturated rings. The average Bonchev–Trinajstić information content (AvgIpc) is 3.14. The van der Waals surface area contributed by atoms with Crippen molar-refractivity contribution in [3.8, 4) is 22.3 Å². The summed E-state index contributed by atoms with van der Waals surface area (Å²) in [5.74, 6) is 0.640. The molecule has 0 unspecified atom stereocenters. The van der Waals surface area contributed by atoms with Crippen LogP contribution in [-0.2, 0) is 0 Å². The Bertz CT molecular complexity index is 2310. The van der Waals surface area contributed by atoms with E-state index >= 15 is 0 Å². The maximum Gasteiger partial charge on any atom is 0.160 e. The smallest absolute Gasteiger partial charge is 0.160 e. The van der Waals surface area contributed by atoms with E-state index in [1.165, 1.54) is 27.3 Å². The van der Waals surface area contributed by atoms with E-state index in [1.807, 2.05) is 37.3 Å². The van der Waals surface area contributed by atoms with E-state index in [-0.39, 0.29) is 0 Å². The molecule has 2 nitrogen and oxygen atoms in total. The first-order valence-electron chi connectivity index (χ1n) is 15.9. The van der Waals surface area contributed by atoms with Crippen molar-refractivity contribution in [3.63, 3.8) is 0 Å². The van der Waals surface area contributed by atoms with Gasteiger partial charge in [0.15, 0.2) is 5.84 Å². The lowest BCUT2D eigenvalue weighted by Gasteiger charge is -2.13. The molecule has 0 radical (unpaired) electrons. The van der Waals surface area contributed by atoms with Crippen molar-refractivity contribution >= 4 is 38.8 Å². The average molecular weight is 603 g/mol. The topological polar surface area (TPSA) is 24.7 Å². The monoisotopic (exact) mass is 602 g/mol. The standard InChI is InChI=1S/C45H34N2/c1-3-15-44(41-30-39-22-12-13-25-42(39)43(31-41)40-27-26-34-18-10-11-21-37(34)29-40)47-45(35-19-8-5-9-20-35)46-32(2)36-23-14-24-38(28-36)33-16-6-4-7-17-33/h3-31H,1H2,2H3/b44-15+,46-32+,47-45-. The minimum absolute atomic E-state index is 0.640. The number of nitrogens with zero attached hydrogens (tertiary/aromatic N) is 2. The van der Waals surface area contributed by atoms with E-state index in [2.05, 4.69) is 146 Å². The molecule has 224 valence electrons. The van der Waals surface area contributed by atoms with Gasteiger partial charge in [-0.15, -0.1) is 0 Å². The van der Waals surface area contributed by atoms with Gasteiger partial charge in [-0.05, 0) is 86.6 Å². The van der Waals surface area contributed by atoms with Crippen LogP contribution in [0.1, 0.15) is 23.6 Å². The molecule has 0 N–H and O–H groups in total. The van der Waals surface area contributed by atoms with Crippen molar-refractivity contribution < 1.29 is 0 Å². The fourth-order valence-corrected chi connectivity index (χ4v) is 6.00. The Labute approximate surface area is 276 Å². The molecule has 7 aromatic rings. The minimum Gasteiger partial charge on any atom is -0.233 e. The third-order valence-corrected chi connectivity index (χ3v) is 8.41. The van der Waals surface area contributed by atoms with E-state index in [0.717, 1.165) is 44.6 Å². The molecule has 0 saturated heterocycles. The molecule has 7 rings (SSSR count). The van der Waals surface area contributed by atoms with Gasteiger partial charge < -0.3 is 0 Å². The Balaban J connectivity index is 1.36. The zero-order valence-electron chi connectivity index (χ0n) is 26.3. The normalized spacial score (nSPS) is 12.4. The number of allylic oxidation sites excluding steroid dienone is 2. The highest BCUT2D eigenvalue weighted by molar-refractivity contribution is 6.13. The quantitative estimate of drug-likeness (QED) is 0.0985. The highest BCUT2D eigenvalue weighted by Gasteiger charge is 2.13. The predicted octanol–water partition coefficient (Wildman–Crippen LogP) is 11.8. The SMILES string of the molecule is C=C/C=C(/N=C(\N=C(/C)c1cccc(-c2ccccc2)c1)c1ccccc1)c1cc(-c2ccc3ccccc3c2)c2ccccc2c1. The lowest BCUT2D eigenvalue weighted by atomic mass is 9.93. The molecule has 2 heteroatoms. The fourth-order valence-electron chi connectivity index (χ4n) is 6.00. The zero-order valence-corrected chi connectivity index (χ0v) is 26.3. The number of rotatable bonds is 7. The second-order valence-corrected chi connectivity index (χ2v) is 11.5. The Kier molecular flexibility index (Phi) is 8.48. The summed E-state index contributed by atoms with van der Waals surface area (Å²) in [5, 5.41) is 4.79. The molecule has 0 saturated carbocycles. The first-order valence-corrected chi connectivity index (χ1v) is 15.9. The van der Waals surface area contributed by atoms with Gasteiger partial charge in [-0.3, -0.25) is 0 Å². The third-order valence-electron chi connectivity index (χ3n) is 8.41. The first kappa shape index (κ1) is 29.6. The predicted molar refractivity (Wildman–Crippen MR) is 202 cm³/mol. The second-order valence-electron chi connectivity index (χ2n) is 11.5. The fraction of sp³-hybridized carbons (Fsp3) is 0.0222. The molecule has 0 aromatic heterocycles. The van der Waals surface area contributed by atoms with E-state index in [4.69, 9.17) is 9.98 Å². The Hall–Kier alpha value is -6.12. The van der Waals surface area contributed by atoms with Gasteiger partial charge in [0.05, 0.1) is 5.70 Å². The largest absolute Gasteiger partial charge is 0.233 e. The van der Waals surface area contributed by atoms with Gasteiger partial charge in [-0.2, -0.15) is 0 Å². The number of benzene rings is 7. The third kappa shape index (κ3) is 6.49. The molecule has 0 atom stereocenters. The summed E-state index contributed by atoms with van der Waals surface area (Å²) < 4.78 is 0. The molecular formula is C45H34N2. The molecule has 0 aliphatic heterocycles. The van der Waals surface area contributed by atoms with E-state index < -0.39 is 0 Å². The summed E-state index contributed by atoms with van der Waals surface area (Å²) in [7, 11) is 0. The zero-order chi connectivity index (χ0) is 32.0. The maximum atomic E-state index is 5.26. The molecule has 0 aliphatic rings. The summed E-state index contributed by atoms with van der Waals surface area (Å²) >= 11 is 0. The molecule has 47 heavy (non-hydrogen) atoms. The van der Waals surface area contributed by atoms with Crippen molar-refractivity contribution in [2.45, 2.75) is 6.92 Å². The summed E-state index contributed by atoms with van der Waals surface area (Å²) in [5.41, 5.74) is 9.32. The summed E-state index contributed by atoms with van der Waals surface area (Å²) in [6, 6.07) is 57.3. The van der Waals surface area contributed by atoms with E-state index in [1.54, 1.807) is 6.08 Å². The van der Waals surface area contributed by atoms with Gasteiger partial charge in [-0.1, -0.05) is 152 Å². The van der Waals surface area contributed by atoms with Crippen LogP contribution in [0.3, 0.4) is 0 Å². The van der Waals surface area contributed by atoms with Crippen LogP contribution >= 0.6 is 0 Å². The van der Waals surface area contributed by atoms with Crippen LogP contribution in [0.25, 0.3) is 49.5 Å². The second kappa shape index (κ2) is 13.5. The number of amidine groups is 1. The number of aliphatic imine (C=N–C) groups is 2. The van der Waals surface area contributed by atoms with Gasteiger partial charge in [0, 0.05) is 16.8 Å². The maximum absolute atomic E-state index is 5.26. The Morgan fingerprint density at radius 3 is 1.94 bits per heavy atom. The Morgan fingerprint density at radius 2 is 1.15 bits per heavy atom. The van der Waals surface area contributed by atoms with Crippen molar-refractivity contribution in [1.29, 1.82) is 0 Å². The van der Waals surface area contributed by atoms with Crippen LogP contribution in [0.4, 0.5) is 0 Å². The van der Waals surface area contributed by atoms with Crippen LogP contribution in [0.2, 0.25) is 0 Å². The van der Waals surface area contributed by atoms with Gasteiger partial charge in [0.25, 0.3) is 0 Å². The van der Waals surface area contributed by atoms with E-state index in [0.29, 0.717) is 5.84 Å². The van der Waals surface area contributed by atoms with Crippen LogP contribution in [0.5, 0.6) is 0 Å². The summed E-state index contributed by atoms with van der Waals surface area (Å²) in [4.78, 5) is 10.4. The number of hydrogen-bond acceptors (Lipinski definition) is 1. The molecular weight excluding hydrogens is 569 g/mol. The molecule has 0 amide bonds. The van der Waals surface area contributed by atoms with E-state index in [9.17, 15) is 0 Å². The van der Waals surface area contributed by atoms with Crippen molar-refractivity contribution in [3.05, 3.63) is 199 Å². The molecule has 0 heterocycles. The highest BCUT2D eigenvalue weighted by Crippen LogP contribution is 2.35. The van der Waals surface area contributed by atoms with Gasteiger partial charge in [0.1, 0.15) is 0 Å². The van der Waals surface area contributed by atoms with Gasteiger partial charge in [0.2, 0.25) is 0 Å². The summed E-state index contributed by atoms with van der Waals surface area (Å²) in [6.45, 7) is 6.10. The lowest BCUT2D eigenvalue weighted by Crippen LogP contribution is -2.04. The number of hydrogen-bond donors (Lipinski definition) is 0.